The number of nitrogens with two attached hydrogens (primary N) is 1. The van der Waals surface area contributed by atoms with E-state index in [9.17, 15) is 0 Å². The summed E-state index contributed by atoms with van der Waals surface area (Å²) < 4.78 is 1.17. The Morgan fingerprint density at radius 2 is 1.71 bits per heavy atom. The van der Waals surface area contributed by atoms with Crippen molar-refractivity contribution in [3.8, 4) is 0 Å². The van der Waals surface area contributed by atoms with Gasteiger partial charge in [-0.05, 0) is 65.2 Å². The van der Waals surface area contributed by atoms with E-state index in [4.69, 9.17) is 5.73 Å². The smallest absolute Gasteiger partial charge is 0.161 e. The summed E-state index contributed by atoms with van der Waals surface area (Å²) in [6.45, 7) is 2.83. The summed E-state index contributed by atoms with van der Waals surface area (Å²) >= 11 is 2.28. The minimum Gasteiger partial charge on any atom is -0.393 e. The minimum absolute atomic E-state index is 0.524. The van der Waals surface area contributed by atoms with E-state index >= 15 is 0 Å². The fourth-order valence-corrected chi connectivity index (χ4v) is 3.61. The van der Waals surface area contributed by atoms with Crippen LogP contribution >= 0.6 is 22.6 Å². The van der Waals surface area contributed by atoms with Crippen LogP contribution in [0.25, 0.3) is 10.8 Å². The first kappa shape index (κ1) is 18.5. The van der Waals surface area contributed by atoms with Crippen LogP contribution in [0.1, 0.15) is 6.92 Å². The van der Waals surface area contributed by atoms with Gasteiger partial charge in [-0.3, -0.25) is 0 Å². The van der Waals surface area contributed by atoms with Gasteiger partial charge in [-0.2, -0.15) is 0 Å². The van der Waals surface area contributed by atoms with Crippen LogP contribution in [-0.2, 0) is 0 Å². The number of fused-ring (bicyclic) bond motifs is 1. The zero-order valence-corrected chi connectivity index (χ0v) is 17.6. The highest BCUT2D eigenvalue weighted by atomic mass is 127. The number of nitrogen functional groups attached to an aromatic ring is 1. The lowest BCUT2D eigenvalue weighted by Gasteiger charge is -2.25. The quantitative estimate of drug-likeness (QED) is 0.357. The molecule has 0 bridgehead atoms. The number of anilines is 5. The molecule has 1 aromatic heterocycles. The van der Waals surface area contributed by atoms with Gasteiger partial charge in [-0.15, -0.1) is 0 Å². The zero-order chi connectivity index (χ0) is 19.5. The fraction of sp³-hybridized carbons (Fsp3) is 0.0909. The van der Waals surface area contributed by atoms with Crippen molar-refractivity contribution in [3.05, 3.63) is 76.6 Å². The number of hydrogen-bond donors (Lipinski definition) is 2. The number of aromatic nitrogens is 2. The maximum absolute atomic E-state index is 6.49. The van der Waals surface area contributed by atoms with E-state index in [0.717, 1.165) is 23.3 Å². The topological polar surface area (TPSA) is 67.1 Å². The summed E-state index contributed by atoms with van der Waals surface area (Å²) in [5.41, 5.74) is 9.02. The lowest BCUT2D eigenvalue weighted by Crippen LogP contribution is -2.20. The van der Waals surface area contributed by atoms with Crippen molar-refractivity contribution in [2.24, 2.45) is 0 Å². The van der Waals surface area contributed by atoms with Crippen molar-refractivity contribution in [3.63, 3.8) is 0 Å². The van der Waals surface area contributed by atoms with Crippen molar-refractivity contribution >= 4 is 62.1 Å². The summed E-state index contributed by atoms with van der Waals surface area (Å²) in [7, 11) is 0. The molecule has 3 N–H and O–H groups in total. The summed E-state index contributed by atoms with van der Waals surface area (Å²) in [6.07, 6.45) is 1.55. The highest BCUT2D eigenvalue weighted by Gasteiger charge is 2.17. The summed E-state index contributed by atoms with van der Waals surface area (Å²) in [5.74, 6) is 1.30. The molecular weight excluding hydrogens is 461 g/mol. The van der Waals surface area contributed by atoms with Crippen LogP contribution in [0.2, 0.25) is 0 Å². The van der Waals surface area contributed by atoms with Crippen molar-refractivity contribution < 1.29 is 0 Å². The van der Waals surface area contributed by atoms with E-state index in [1.165, 1.54) is 8.96 Å². The molecule has 0 aliphatic carbocycles. The molecule has 0 saturated carbocycles. The van der Waals surface area contributed by atoms with Crippen molar-refractivity contribution in [1.82, 2.24) is 9.97 Å². The fourth-order valence-electron chi connectivity index (χ4n) is 3.25. The average molecular weight is 481 g/mol. The average Bonchev–Trinajstić information content (AvgIpc) is 2.73. The molecule has 0 unspecified atom stereocenters. The monoisotopic (exact) mass is 481 g/mol. The maximum atomic E-state index is 6.49. The number of rotatable bonds is 5. The van der Waals surface area contributed by atoms with E-state index < -0.39 is 0 Å². The molecule has 28 heavy (non-hydrogen) atoms. The van der Waals surface area contributed by atoms with Gasteiger partial charge in [0.2, 0.25) is 0 Å². The Labute approximate surface area is 177 Å². The normalized spacial score (nSPS) is 10.8. The molecule has 5 nitrogen and oxygen atoms in total. The molecule has 0 atom stereocenters. The second kappa shape index (κ2) is 8.02. The largest absolute Gasteiger partial charge is 0.393 e. The third-order valence-electron chi connectivity index (χ3n) is 4.60. The van der Waals surface area contributed by atoms with Gasteiger partial charge < -0.3 is 16.0 Å². The molecule has 1 heterocycles. The predicted octanol–water partition coefficient (Wildman–Crippen LogP) is 5.72. The van der Waals surface area contributed by atoms with E-state index in [0.29, 0.717) is 17.3 Å². The first-order chi connectivity index (χ1) is 13.7. The molecule has 0 aliphatic heterocycles. The molecule has 0 amide bonds. The van der Waals surface area contributed by atoms with Gasteiger partial charge in [0.15, 0.2) is 11.6 Å². The number of hydrogen-bond acceptors (Lipinski definition) is 5. The second-order valence-corrected chi connectivity index (χ2v) is 7.58. The number of nitrogens with one attached hydrogen (secondary N) is 1. The van der Waals surface area contributed by atoms with E-state index in [1.807, 2.05) is 36.4 Å². The molecule has 4 aromatic rings. The van der Waals surface area contributed by atoms with Gasteiger partial charge in [0.25, 0.3) is 0 Å². The highest BCUT2D eigenvalue weighted by Crippen LogP contribution is 2.36. The third-order valence-corrected chi connectivity index (χ3v) is 5.32. The summed E-state index contributed by atoms with van der Waals surface area (Å²) in [5, 5.41) is 5.65. The molecule has 0 saturated heterocycles. The molecule has 0 radical (unpaired) electrons. The maximum Gasteiger partial charge on any atom is 0.161 e. The van der Waals surface area contributed by atoms with Crippen molar-refractivity contribution in [2.45, 2.75) is 6.92 Å². The van der Waals surface area contributed by atoms with Gasteiger partial charge in [0, 0.05) is 21.2 Å². The molecule has 0 fully saturated rings. The van der Waals surface area contributed by atoms with E-state index in [2.05, 4.69) is 80.0 Å². The lowest BCUT2D eigenvalue weighted by molar-refractivity contribution is 0.985. The predicted molar refractivity (Wildman–Crippen MR) is 126 cm³/mol. The molecule has 140 valence electrons. The second-order valence-electron chi connectivity index (χ2n) is 6.33. The SMILES string of the molecule is CCN(c1ncnc(Nc2ccc(I)cc2)c1N)c1cccc2ccccc12. The van der Waals surface area contributed by atoms with Gasteiger partial charge >= 0.3 is 0 Å². The standard InChI is InChI=1S/C22H20IN5/c1-2-28(19-9-5-7-15-6-3-4-8-18(15)19)22-20(24)21(25-14-26-22)27-17-12-10-16(23)11-13-17/h3-14H,2,24H2,1H3,(H,25,26,27). The van der Waals surface area contributed by atoms with Crippen LogP contribution in [0.4, 0.5) is 28.7 Å². The number of benzene rings is 3. The molecule has 0 spiro atoms. The van der Waals surface area contributed by atoms with Crippen LogP contribution in [-0.4, -0.2) is 16.5 Å². The third kappa shape index (κ3) is 3.60. The molecule has 0 aliphatic rings. The molecule has 3 aromatic carbocycles. The van der Waals surface area contributed by atoms with Crippen molar-refractivity contribution in [2.75, 3.05) is 22.5 Å². The Kier molecular flexibility index (Phi) is 5.29. The van der Waals surface area contributed by atoms with Crippen LogP contribution in [0.15, 0.2) is 73.1 Å². The van der Waals surface area contributed by atoms with E-state index in [1.54, 1.807) is 6.33 Å². The molecule has 6 heteroatoms. The van der Waals surface area contributed by atoms with Gasteiger partial charge in [0.05, 0.1) is 5.69 Å². The zero-order valence-electron chi connectivity index (χ0n) is 15.4. The van der Waals surface area contributed by atoms with Crippen molar-refractivity contribution in [1.29, 1.82) is 0 Å². The first-order valence-corrected chi connectivity index (χ1v) is 10.1. The lowest BCUT2D eigenvalue weighted by atomic mass is 10.1. The van der Waals surface area contributed by atoms with Gasteiger partial charge in [-0.25, -0.2) is 9.97 Å². The summed E-state index contributed by atoms with van der Waals surface area (Å²) in [4.78, 5) is 11.0. The molecule has 4 rings (SSSR count). The number of halogens is 1. The van der Waals surface area contributed by atoms with Crippen LogP contribution in [0, 0.1) is 3.57 Å². The Balaban J connectivity index is 1.76. The van der Waals surface area contributed by atoms with Crippen LogP contribution < -0.4 is 16.0 Å². The van der Waals surface area contributed by atoms with E-state index in [-0.39, 0.29) is 0 Å². The van der Waals surface area contributed by atoms with Gasteiger partial charge in [0.1, 0.15) is 12.0 Å². The Hall–Kier alpha value is -2.87. The first-order valence-electron chi connectivity index (χ1n) is 9.05. The Bertz CT molecular complexity index is 1110. The Morgan fingerprint density at radius 3 is 2.50 bits per heavy atom. The number of nitrogens with zero attached hydrogens (tertiary/aromatic N) is 3. The van der Waals surface area contributed by atoms with Gasteiger partial charge in [-0.1, -0.05) is 36.4 Å². The van der Waals surface area contributed by atoms with Crippen LogP contribution in [0.3, 0.4) is 0 Å². The summed E-state index contributed by atoms with van der Waals surface area (Å²) in [6, 6.07) is 22.7. The Morgan fingerprint density at radius 1 is 0.964 bits per heavy atom. The highest BCUT2D eigenvalue weighted by molar-refractivity contribution is 14.1. The molecular formula is C22H20IN5. The minimum atomic E-state index is 0.524. The van der Waals surface area contributed by atoms with Crippen LogP contribution in [0.5, 0.6) is 0 Å².